The highest BCUT2D eigenvalue weighted by Gasteiger charge is 2.41. The number of nitrogens with one attached hydrogen (secondary N) is 3. The maximum Gasteiger partial charge on any atom is 0.251 e. The lowest BCUT2D eigenvalue weighted by Crippen LogP contribution is -2.47. The van der Waals surface area contributed by atoms with Gasteiger partial charge in [-0.15, -0.1) is 0 Å². The van der Waals surface area contributed by atoms with Gasteiger partial charge in [-0.1, -0.05) is 12.1 Å². The number of nitrogens with zero attached hydrogens (tertiary/aromatic N) is 1. The van der Waals surface area contributed by atoms with Gasteiger partial charge < -0.3 is 20.7 Å². The summed E-state index contributed by atoms with van der Waals surface area (Å²) in [5.74, 6) is 0.792. The molecule has 3 atom stereocenters. The summed E-state index contributed by atoms with van der Waals surface area (Å²) in [7, 11) is 0. The fourth-order valence-corrected chi connectivity index (χ4v) is 3.48. The molecule has 3 N–H and O–H groups in total. The zero-order chi connectivity index (χ0) is 17.6. The minimum atomic E-state index is -0.0381. The van der Waals surface area contributed by atoms with Crippen LogP contribution in [0.3, 0.4) is 0 Å². The standard InChI is InChI=1S/C19H28N4O2/c1-3-20-18(24)14-7-5-13(6-8-14)12-22-19(21-4-2)23-16-11-15-9-10-17(16)25-15/h5-8,15-17H,3-4,9-12H2,1-2H3,(H,20,24)(H2,21,22,23). The first-order chi connectivity index (χ1) is 12.2. The monoisotopic (exact) mass is 344 g/mol. The van der Waals surface area contributed by atoms with E-state index in [0.29, 0.717) is 36.9 Å². The molecule has 2 aliphatic rings. The smallest absolute Gasteiger partial charge is 0.251 e. The van der Waals surface area contributed by atoms with Gasteiger partial charge >= 0.3 is 0 Å². The van der Waals surface area contributed by atoms with Crippen LogP contribution in [0.4, 0.5) is 0 Å². The Balaban J connectivity index is 1.58. The van der Waals surface area contributed by atoms with Gasteiger partial charge in [0.25, 0.3) is 5.91 Å². The van der Waals surface area contributed by atoms with Crippen molar-refractivity contribution >= 4 is 11.9 Å². The number of guanidine groups is 1. The Labute approximate surface area is 149 Å². The van der Waals surface area contributed by atoms with E-state index in [1.54, 1.807) is 0 Å². The molecule has 0 spiro atoms. The number of rotatable bonds is 6. The van der Waals surface area contributed by atoms with Crippen LogP contribution in [0.25, 0.3) is 0 Å². The van der Waals surface area contributed by atoms with E-state index in [0.717, 1.165) is 30.9 Å². The Hall–Kier alpha value is -2.08. The Kier molecular flexibility index (Phi) is 5.91. The zero-order valence-corrected chi connectivity index (χ0v) is 15.0. The lowest BCUT2D eigenvalue weighted by atomic mass is 9.96. The van der Waals surface area contributed by atoms with Crippen LogP contribution < -0.4 is 16.0 Å². The summed E-state index contributed by atoms with van der Waals surface area (Å²) in [6.07, 6.45) is 4.14. The van der Waals surface area contributed by atoms with Crippen molar-refractivity contribution < 1.29 is 9.53 Å². The predicted octanol–water partition coefficient (Wildman–Crippen LogP) is 1.81. The van der Waals surface area contributed by atoms with Crippen molar-refractivity contribution in [3.8, 4) is 0 Å². The minimum absolute atomic E-state index is 0.0381. The molecule has 2 bridgehead atoms. The minimum Gasteiger partial charge on any atom is -0.373 e. The Morgan fingerprint density at radius 1 is 1.16 bits per heavy atom. The summed E-state index contributed by atoms with van der Waals surface area (Å²) >= 11 is 0. The largest absolute Gasteiger partial charge is 0.373 e. The number of ether oxygens (including phenoxy) is 1. The van der Waals surface area contributed by atoms with Gasteiger partial charge in [0.05, 0.1) is 24.8 Å². The van der Waals surface area contributed by atoms with Gasteiger partial charge in [-0.3, -0.25) is 4.79 Å². The highest BCUT2D eigenvalue weighted by molar-refractivity contribution is 5.94. The van der Waals surface area contributed by atoms with Crippen molar-refractivity contribution in [3.63, 3.8) is 0 Å². The second-order valence-electron chi connectivity index (χ2n) is 6.61. The molecule has 0 radical (unpaired) electrons. The summed E-state index contributed by atoms with van der Waals surface area (Å²) in [4.78, 5) is 16.5. The van der Waals surface area contributed by atoms with Gasteiger partial charge in [-0.2, -0.15) is 0 Å². The topological polar surface area (TPSA) is 74.8 Å². The summed E-state index contributed by atoms with van der Waals surface area (Å²) < 4.78 is 5.90. The van der Waals surface area contributed by atoms with E-state index >= 15 is 0 Å². The Bertz CT molecular complexity index is 614. The van der Waals surface area contributed by atoms with Crippen LogP contribution in [0.15, 0.2) is 29.3 Å². The van der Waals surface area contributed by atoms with E-state index in [4.69, 9.17) is 4.74 Å². The highest BCUT2D eigenvalue weighted by atomic mass is 16.5. The number of aliphatic imine (C=N–C) groups is 1. The fraction of sp³-hybridized carbons (Fsp3) is 0.579. The van der Waals surface area contributed by atoms with Crippen molar-refractivity contribution in [1.29, 1.82) is 0 Å². The fourth-order valence-electron chi connectivity index (χ4n) is 3.48. The molecule has 2 heterocycles. The van der Waals surface area contributed by atoms with Crippen LogP contribution in [0, 0.1) is 0 Å². The molecule has 0 aromatic heterocycles. The molecular weight excluding hydrogens is 316 g/mol. The van der Waals surface area contributed by atoms with Gasteiger partial charge in [0.15, 0.2) is 5.96 Å². The van der Waals surface area contributed by atoms with Crippen molar-refractivity contribution in [3.05, 3.63) is 35.4 Å². The molecule has 1 aromatic carbocycles. The molecule has 25 heavy (non-hydrogen) atoms. The molecular formula is C19H28N4O2. The summed E-state index contributed by atoms with van der Waals surface area (Å²) in [5, 5.41) is 9.62. The number of hydrogen-bond donors (Lipinski definition) is 3. The summed E-state index contributed by atoms with van der Waals surface area (Å²) in [6, 6.07) is 7.97. The SMILES string of the molecule is CCNC(=O)c1ccc(CN=C(NCC)NC2CC3CCC2O3)cc1. The third kappa shape index (κ3) is 4.51. The number of benzene rings is 1. The third-order valence-electron chi connectivity index (χ3n) is 4.75. The lowest BCUT2D eigenvalue weighted by molar-refractivity contribution is 0.0955. The quantitative estimate of drug-likeness (QED) is 0.543. The molecule has 2 aliphatic heterocycles. The van der Waals surface area contributed by atoms with Crippen LogP contribution in [-0.4, -0.2) is 43.2 Å². The molecule has 2 saturated heterocycles. The first kappa shape index (κ1) is 17.7. The third-order valence-corrected chi connectivity index (χ3v) is 4.75. The maximum absolute atomic E-state index is 11.8. The average molecular weight is 344 g/mol. The molecule has 2 fully saturated rings. The van der Waals surface area contributed by atoms with Crippen LogP contribution in [0.1, 0.15) is 49.0 Å². The van der Waals surface area contributed by atoms with Gasteiger partial charge in [0.2, 0.25) is 0 Å². The van der Waals surface area contributed by atoms with E-state index in [1.807, 2.05) is 31.2 Å². The van der Waals surface area contributed by atoms with E-state index in [1.165, 1.54) is 6.42 Å². The highest BCUT2D eigenvalue weighted by Crippen LogP contribution is 2.34. The summed E-state index contributed by atoms with van der Waals surface area (Å²) in [6.45, 7) is 6.01. The molecule has 1 aromatic rings. The van der Waals surface area contributed by atoms with E-state index < -0.39 is 0 Å². The number of hydrogen-bond acceptors (Lipinski definition) is 3. The molecule has 6 nitrogen and oxygen atoms in total. The van der Waals surface area contributed by atoms with Gasteiger partial charge in [-0.25, -0.2) is 4.99 Å². The first-order valence-corrected chi connectivity index (χ1v) is 9.27. The van der Waals surface area contributed by atoms with E-state index in [-0.39, 0.29) is 5.91 Å². The van der Waals surface area contributed by atoms with Crippen LogP contribution in [0.2, 0.25) is 0 Å². The number of amides is 1. The van der Waals surface area contributed by atoms with Crippen molar-refractivity contribution in [2.45, 2.75) is 57.9 Å². The normalized spacial score (nSPS) is 25.0. The number of carbonyl (C=O) groups excluding carboxylic acids is 1. The van der Waals surface area contributed by atoms with Crippen molar-refractivity contribution in [2.75, 3.05) is 13.1 Å². The van der Waals surface area contributed by atoms with Crippen molar-refractivity contribution in [1.82, 2.24) is 16.0 Å². The van der Waals surface area contributed by atoms with Gasteiger partial charge in [0.1, 0.15) is 0 Å². The van der Waals surface area contributed by atoms with Crippen LogP contribution in [-0.2, 0) is 11.3 Å². The predicted molar refractivity (Wildman–Crippen MR) is 98.7 cm³/mol. The molecule has 0 aliphatic carbocycles. The zero-order valence-electron chi connectivity index (χ0n) is 15.0. The Morgan fingerprint density at radius 3 is 2.52 bits per heavy atom. The van der Waals surface area contributed by atoms with E-state index in [9.17, 15) is 4.79 Å². The van der Waals surface area contributed by atoms with Gasteiger partial charge in [-0.05, 0) is 50.8 Å². The molecule has 6 heteroatoms. The van der Waals surface area contributed by atoms with Crippen LogP contribution >= 0.6 is 0 Å². The Morgan fingerprint density at radius 2 is 1.92 bits per heavy atom. The number of carbonyl (C=O) groups is 1. The second-order valence-corrected chi connectivity index (χ2v) is 6.61. The maximum atomic E-state index is 11.8. The average Bonchev–Trinajstić information content (AvgIpc) is 3.23. The molecule has 1 amide bonds. The van der Waals surface area contributed by atoms with Crippen LogP contribution in [0.5, 0.6) is 0 Å². The molecule has 3 unspecified atom stereocenters. The second kappa shape index (κ2) is 8.34. The number of fused-ring (bicyclic) bond motifs is 2. The molecule has 136 valence electrons. The lowest BCUT2D eigenvalue weighted by Gasteiger charge is -2.22. The van der Waals surface area contributed by atoms with Gasteiger partial charge in [0, 0.05) is 18.7 Å². The summed E-state index contributed by atoms with van der Waals surface area (Å²) in [5.41, 5.74) is 1.76. The molecule has 3 rings (SSSR count). The first-order valence-electron chi connectivity index (χ1n) is 9.27. The molecule has 0 saturated carbocycles. The van der Waals surface area contributed by atoms with E-state index in [2.05, 4.69) is 27.9 Å². The van der Waals surface area contributed by atoms with Crippen molar-refractivity contribution in [2.24, 2.45) is 4.99 Å².